The number of amidine groups is 1. The Morgan fingerprint density at radius 2 is 2.06 bits per heavy atom. The molecule has 0 rings (SSSR count). The van der Waals surface area contributed by atoms with E-state index < -0.39 is 0 Å². The molecule has 0 radical (unpaired) electrons. The Labute approximate surface area is 103 Å². The molecule has 0 aromatic carbocycles. The van der Waals surface area contributed by atoms with Crippen LogP contribution in [0.3, 0.4) is 0 Å². The van der Waals surface area contributed by atoms with Gasteiger partial charge in [0.15, 0.2) is 0 Å². The molecule has 0 aliphatic heterocycles. The highest BCUT2D eigenvalue weighted by Crippen LogP contribution is 2.03. The van der Waals surface area contributed by atoms with Crippen molar-refractivity contribution in [2.45, 2.75) is 25.8 Å². The van der Waals surface area contributed by atoms with Gasteiger partial charge in [-0.15, -0.1) is 0 Å². The molecular weight excluding hydrogens is 222 g/mol. The molecule has 0 heterocycles. The molecule has 0 saturated heterocycles. The summed E-state index contributed by atoms with van der Waals surface area (Å²) in [6.45, 7) is 5.23. The smallest absolute Gasteiger partial charge is 0.139 e. The van der Waals surface area contributed by atoms with Gasteiger partial charge in [-0.2, -0.15) is 0 Å². The van der Waals surface area contributed by atoms with Crippen LogP contribution in [0.2, 0.25) is 0 Å². The third-order valence-corrected chi connectivity index (χ3v) is 2.62. The Morgan fingerprint density at radius 3 is 2.59 bits per heavy atom. The second-order valence-electron chi connectivity index (χ2n) is 4.03. The largest absolute Gasteiger partial charge is 0.409 e. The number of ether oxygens (including phenoxy) is 2. The topological polar surface area (TPSA) is 80.3 Å². The van der Waals surface area contributed by atoms with E-state index in [0.717, 1.165) is 19.5 Å². The Bertz CT molecular complexity index is 212. The number of oxime groups is 1. The van der Waals surface area contributed by atoms with Crippen molar-refractivity contribution in [1.82, 2.24) is 4.90 Å². The Hall–Kier alpha value is -0.850. The molecule has 17 heavy (non-hydrogen) atoms. The van der Waals surface area contributed by atoms with Gasteiger partial charge in [0.2, 0.25) is 0 Å². The zero-order valence-corrected chi connectivity index (χ0v) is 11.1. The molecule has 0 bridgehead atoms. The second kappa shape index (κ2) is 10.3. The van der Waals surface area contributed by atoms with Crippen LogP contribution < -0.4 is 5.73 Å². The molecule has 0 saturated carbocycles. The standard InChI is InChI=1S/C11H25N3O3/c1-10(9-17-3)14(7-8-16-2)6-4-5-11(12)13-15/h10,15H,4-9H2,1-3H3,(H2,12,13). The summed E-state index contributed by atoms with van der Waals surface area (Å²) < 4.78 is 10.2. The molecule has 0 spiro atoms. The average Bonchev–Trinajstić information content (AvgIpc) is 2.33. The van der Waals surface area contributed by atoms with Crippen molar-refractivity contribution in [1.29, 1.82) is 0 Å². The summed E-state index contributed by atoms with van der Waals surface area (Å²) in [5.74, 6) is 0.274. The summed E-state index contributed by atoms with van der Waals surface area (Å²) in [5.41, 5.74) is 5.43. The minimum absolute atomic E-state index is 0.274. The van der Waals surface area contributed by atoms with E-state index in [4.69, 9.17) is 20.4 Å². The van der Waals surface area contributed by atoms with Crippen LogP contribution in [0.15, 0.2) is 5.16 Å². The first-order valence-corrected chi connectivity index (χ1v) is 5.84. The summed E-state index contributed by atoms with van der Waals surface area (Å²) >= 11 is 0. The van der Waals surface area contributed by atoms with Crippen LogP contribution in [0.25, 0.3) is 0 Å². The van der Waals surface area contributed by atoms with Crippen LogP contribution >= 0.6 is 0 Å². The number of hydrogen-bond donors (Lipinski definition) is 2. The summed E-state index contributed by atoms with van der Waals surface area (Å²) in [6, 6.07) is 0.336. The van der Waals surface area contributed by atoms with Crippen molar-refractivity contribution < 1.29 is 14.7 Å². The summed E-state index contributed by atoms with van der Waals surface area (Å²) in [5, 5.41) is 11.4. The fourth-order valence-corrected chi connectivity index (χ4v) is 1.62. The molecule has 0 fully saturated rings. The zero-order valence-electron chi connectivity index (χ0n) is 11.1. The van der Waals surface area contributed by atoms with E-state index in [0.29, 0.717) is 25.7 Å². The lowest BCUT2D eigenvalue weighted by Gasteiger charge is -2.28. The van der Waals surface area contributed by atoms with Crippen molar-refractivity contribution in [2.24, 2.45) is 10.9 Å². The minimum Gasteiger partial charge on any atom is -0.409 e. The van der Waals surface area contributed by atoms with E-state index >= 15 is 0 Å². The molecule has 1 atom stereocenters. The molecular formula is C11H25N3O3. The second-order valence-corrected chi connectivity index (χ2v) is 4.03. The van der Waals surface area contributed by atoms with Crippen LogP contribution in [0.4, 0.5) is 0 Å². The normalized spacial score (nSPS) is 14.2. The lowest BCUT2D eigenvalue weighted by molar-refractivity contribution is 0.0747. The maximum absolute atomic E-state index is 8.44. The first kappa shape index (κ1) is 16.1. The third kappa shape index (κ3) is 7.95. The van der Waals surface area contributed by atoms with Gasteiger partial charge in [0, 0.05) is 33.2 Å². The lowest BCUT2D eigenvalue weighted by Crippen LogP contribution is -2.39. The van der Waals surface area contributed by atoms with Crippen LogP contribution in [0.5, 0.6) is 0 Å². The quantitative estimate of drug-likeness (QED) is 0.254. The van der Waals surface area contributed by atoms with Gasteiger partial charge in [-0.05, 0) is 19.9 Å². The van der Waals surface area contributed by atoms with Gasteiger partial charge in [-0.1, -0.05) is 5.16 Å². The van der Waals surface area contributed by atoms with Crippen molar-refractivity contribution >= 4 is 5.84 Å². The van der Waals surface area contributed by atoms with Crippen molar-refractivity contribution in [3.05, 3.63) is 0 Å². The molecule has 0 aromatic heterocycles. The lowest BCUT2D eigenvalue weighted by atomic mass is 10.2. The van der Waals surface area contributed by atoms with E-state index in [1.807, 2.05) is 0 Å². The molecule has 6 nitrogen and oxygen atoms in total. The van der Waals surface area contributed by atoms with Gasteiger partial charge in [0.25, 0.3) is 0 Å². The minimum atomic E-state index is 0.274. The maximum Gasteiger partial charge on any atom is 0.139 e. The summed E-state index contributed by atoms with van der Waals surface area (Å²) in [6.07, 6.45) is 1.45. The fraction of sp³-hybridized carbons (Fsp3) is 0.909. The number of hydrogen-bond acceptors (Lipinski definition) is 5. The van der Waals surface area contributed by atoms with Gasteiger partial charge >= 0.3 is 0 Å². The first-order valence-electron chi connectivity index (χ1n) is 5.84. The third-order valence-electron chi connectivity index (χ3n) is 2.62. The number of nitrogens with zero attached hydrogens (tertiary/aromatic N) is 2. The molecule has 3 N–H and O–H groups in total. The van der Waals surface area contributed by atoms with Crippen molar-refractivity contribution in [2.75, 3.05) is 40.5 Å². The van der Waals surface area contributed by atoms with Crippen molar-refractivity contribution in [3.63, 3.8) is 0 Å². The van der Waals surface area contributed by atoms with Crippen LogP contribution in [0, 0.1) is 0 Å². The van der Waals surface area contributed by atoms with Gasteiger partial charge in [-0.3, -0.25) is 4.90 Å². The molecule has 102 valence electrons. The van der Waals surface area contributed by atoms with E-state index in [9.17, 15) is 0 Å². The highest BCUT2D eigenvalue weighted by Gasteiger charge is 2.13. The molecule has 0 amide bonds. The number of rotatable bonds is 10. The average molecular weight is 247 g/mol. The summed E-state index contributed by atoms with van der Waals surface area (Å²) in [7, 11) is 3.39. The van der Waals surface area contributed by atoms with Gasteiger partial charge < -0.3 is 20.4 Å². The molecule has 0 aliphatic rings. The zero-order chi connectivity index (χ0) is 13.1. The Balaban J connectivity index is 4.00. The Kier molecular flexibility index (Phi) is 9.80. The maximum atomic E-state index is 8.44. The SMILES string of the molecule is COCCN(CCC/C(N)=N/O)C(C)COC. The van der Waals surface area contributed by atoms with E-state index in [-0.39, 0.29) is 5.84 Å². The predicted molar refractivity (Wildman–Crippen MR) is 67.4 cm³/mol. The molecule has 1 unspecified atom stereocenters. The highest BCUT2D eigenvalue weighted by molar-refractivity contribution is 5.79. The first-order chi connectivity index (χ1) is 8.15. The molecule has 0 aromatic rings. The molecule has 0 aliphatic carbocycles. The predicted octanol–water partition coefficient (Wildman–Crippen LogP) is 0.496. The number of nitrogens with two attached hydrogens (primary N) is 1. The van der Waals surface area contributed by atoms with Crippen molar-refractivity contribution in [3.8, 4) is 0 Å². The Morgan fingerprint density at radius 1 is 1.35 bits per heavy atom. The summed E-state index contributed by atoms with van der Waals surface area (Å²) in [4.78, 5) is 2.28. The van der Waals surface area contributed by atoms with Crippen LogP contribution in [-0.4, -0.2) is 62.5 Å². The van der Waals surface area contributed by atoms with E-state index in [2.05, 4.69) is 17.0 Å². The van der Waals surface area contributed by atoms with Gasteiger partial charge in [0.05, 0.1) is 13.2 Å². The monoisotopic (exact) mass is 247 g/mol. The van der Waals surface area contributed by atoms with Crippen LogP contribution in [-0.2, 0) is 9.47 Å². The van der Waals surface area contributed by atoms with Gasteiger partial charge in [0.1, 0.15) is 5.84 Å². The fourth-order valence-electron chi connectivity index (χ4n) is 1.62. The van der Waals surface area contributed by atoms with Crippen LogP contribution in [0.1, 0.15) is 19.8 Å². The van der Waals surface area contributed by atoms with Gasteiger partial charge in [-0.25, -0.2) is 0 Å². The van der Waals surface area contributed by atoms with E-state index in [1.165, 1.54) is 0 Å². The molecule has 6 heteroatoms. The number of methoxy groups -OCH3 is 2. The van der Waals surface area contributed by atoms with E-state index in [1.54, 1.807) is 14.2 Å². The highest BCUT2D eigenvalue weighted by atomic mass is 16.5.